The number of fused-ring (bicyclic) bond motifs is 1. The molecule has 2 aliphatic carbocycles. The summed E-state index contributed by atoms with van der Waals surface area (Å²) in [6, 6.07) is 4.60. The first-order chi connectivity index (χ1) is 13.9. The number of hydrogen-bond donors (Lipinski definition) is 0. The molecule has 2 aromatic heterocycles. The van der Waals surface area contributed by atoms with Gasteiger partial charge >= 0.3 is 0 Å². The van der Waals surface area contributed by atoms with Crippen LogP contribution in [0.3, 0.4) is 0 Å². The Balaban J connectivity index is 1.44. The van der Waals surface area contributed by atoms with Gasteiger partial charge in [-0.15, -0.1) is 11.3 Å². The first kappa shape index (κ1) is 20.4. The molecule has 0 saturated heterocycles. The molecular weight excluding hydrogens is 359 g/mol. The highest BCUT2D eigenvalue weighted by molar-refractivity contribution is 7.26. The van der Waals surface area contributed by atoms with E-state index < -0.39 is 0 Å². The summed E-state index contributed by atoms with van der Waals surface area (Å²) in [7, 11) is 2.46. The molecule has 0 N–H and O–H groups in total. The van der Waals surface area contributed by atoms with Crippen LogP contribution in [0, 0.1) is 0 Å². The van der Waals surface area contributed by atoms with Crippen molar-refractivity contribution in [1.29, 1.82) is 0 Å². The van der Waals surface area contributed by atoms with Gasteiger partial charge in [0.15, 0.2) is 12.9 Å². The summed E-state index contributed by atoms with van der Waals surface area (Å²) in [5.74, 6) is 1.36. The van der Waals surface area contributed by atoms with Gasteiger partial charge in [-0.3, -0.25) is 0 Å². The Kier molecular flexibility index (Phi) is 7.83. The Morgan fingerprint density at radius 1 is 0.679 bits per heavy atom. The molecule has 0 unspecified atom stereocenters. The van der Waals surface area contributed by atoms with Crippen LogP contribution in [0.15, 0.2) is 12.1 Å². The van der Waals surface area contributed by atoms with E-state index in [0.717, 1.165) is 11.5 Å². The predicted molar refractivity (Wildman–Crippen MR) is 123 cm³/mol. The average Bonchev–Trinajstić information content (AvgIpc) is 3.09. The minimum Gasteiger partial charge on any atom is -0.233 e. The van der Waals surface area contributed by atoms with Crippen molar-refractivity contribution in [2.75, 3.05) is 0 Å². The number of pyridine rings is 1. The van der Waals surface area contributed by atoms with Crippen molar-refractivity contribution in [2.24, 2.45) is 0 Å². The lowest BCUT2D eigenvalue weighted by molar-refractivity contribution is 0.458. The molecule has 4 rings (SSSR count). The summed E-state index contributed by atoms with van der Waals surface area (Å²) >= 11 is 1.84. The maximum Gasteiger partial charge on any atom is 0.195 e. The van der Waals surface area contributed by atoms with Crippen molar-refractivity contribution < 1.29 is 0 Å². The molecule has 2 saturated carbocycles. The second-order valence-electron chi connectivity index (χ2n) is 9.13. The SMILES string of the molecule is [B](c1nc2nc(C3CCCCCCCCC3)ccc2s1)C1CCCCCCC1. The zero-order valence-corrected chi connectivity index (χ0v) is 18.3. The van der Waals surface area contributed by atoms with E-state index in [0.29, 0.717) is 5.92 Å². The summed E-state index contributed by atoms with van der Waals surface area (Å²) < 4.78 is 1.26. The summed E-state index contributed by atoms with van der Waals surface area (Å²) in [4.78, 5) is 11.2. The van der Waals surface area contributed by atoms with E-state index in [1.165, 1.54) is 118 Å². The first-order valence-electron chi connectivity index (χ1n) is 12.0. The van der Waals surface area contributed by atoms with Crippen molar-refractivity contribution in [3.05, 3.63) is 17.8 Å². The van der Waals surface area contributed by atoms with Crippen molar-refractivity contribution in [3.63, 3.8) is 0 Å². The summed E-state index contributed by atoms with van der Waals surface area (Å²) in [6.45, 7) is 0. The normalized spacial score (nSPS) is 21.9. The Bertz CT molecular complexity index is 710. The minimum atomic E-state index is 0.641. The number of thiazole rings is 1. The highest BCUT2D eigenvalue weighted by Gasteiger charge is 2.18. The van der Waals surface area contributed by atoms with E-state index in [-0.39, 0.29) is 0 Å². The highest BCUT2D eigenvalue weighted by atomic mass is 32.1. The predicted octanol–water partition coefficient (Wildman–Crippen LogP) is 7.16. The van der Waals surface area contributed by atoms with Gasteiger partial charge in [0.1, 0.15) is 0 Å². The van der Waals surface area contributed by atoms with Crippen LogP contribution >= 0.6 is 11.3 Å². The Morgan fingerprint density at radius 2 is 1.25 bits per heavy atom. The molecule has 2 aliphatic rings. The van der Waals surface area contributed by atoms with Crippen LogP contribution in [0.4, 0.5) is 0 Å². The van der Waals surface area contributed by atoms with Gasteiger partial charge in [-0.1, -0.05) is 95.7 Å². The Labute approximate surface area is 176 Å². The molecule has 0 spiro atoms. The molecule has 0 amide bonds. The second kappa shape index (κ2) is 10.8. The van der Waals surface area contributed by atoms with Crippen molar-refractivity contribution in [2.45, 2.75) is 114 Å². The van der Waals surface area contributed by atoms with E-state index in [2.05, 4.69) is 19.4 Å². The fourth-order valence-corrected chi connectivity index (χ4v) is 6.05. The third-order valence-corrected chi connectivity index (χ3v) is 7.82. The Morgan fingerprint density at radius 3 is 1.89 bits per heavy atom. The van der Waals surface area contributed by atoms with E-state index in [4.69, 9.17) is 9.97 Å². The molecule has 0 bridgehead atoms. The lowest BCUT2D eigenvalue weighted by Crippen LogP contribution is -2.19. The lowest BCUT2D eigenvalue weighted by atomic mass is 9.60. The molecule has 0 atom stereocenters. The summed E-state index contributed by atoms with van der Waals surface area (Å²) in [6.07, 6.45) is 22.1. The molecule has 0 aliphatic heterocycles. The van der Waals surface area contributed by atoms with Crippen molar-refractivity contribution >= 4 is 33.9 Å². The maximum absolute atomic E-state index is 5.05. The molecule has 0 aromatic carbocycles. The molecule has 1 radical (unpaired) electrons. The summed E-state index contributed by atoms with van der Waals surface area (Å²) in [5, 5.41) is 0. The van der Waals surface area contributed by atoms with Crippen LogP contribution in [0.25, 0.3) is 10.3 Å². The summed E-state index contributed by atoms with van der Waals surface area (Å²) in [5.41, 5.74) is 2.30. The second-order valence-corrected chi connectivity index (χ2v) is 10.2. The van der Waals surface area contributed by atoms with Crippen molar-refractivity contribution in [1.82, 2.24) is 9.97 Å². The lowest BCUT2D eigenvalue weighted by Gasteiger charge is -2.18. The number of aromatic nitrogens is 2. The smallest absolute Gasteiger partial charge is 0.195 e. The van der Waals surface area contributed by atoms with Crippen LogP contribution in [0.5, 0.6) is 0 Å². The standard InChI is InChI=1S/C24H36BN2S/c1-2-5-9-13-19(14-10-6-3-1)21-17-18-22-23(26-21)27-24(28-22)25-20-15-11-7-4-8-12-16-20/h17-20H,1-16H2. The van der Waals surface area contributed by atoms with E-state index in [9.17, 15) is 0 Å². The van der Waals surface area contributed by atoms with Gasteiger partial charge in [0.25, 0.3) is 0 Å². The fraction of sp³-hybridized carbons (Fsp3) is 0.750. The monoisotopic (exact) mass is 395 g/mol. The van der Waals surface area contributed by atoms with Crippen LogP contribution < -0.4 is 4.91 Å². The topological polar surface area (TPSA) is 25.8 Å². The molecule has 28 heavy (non-hydrogen) atoms. The van der Waals surface area contributed by atoms with Gasteiger partial charge < -0.3 is 0 Å². The van der Waals surface area contributed by atoms with Crippen LogP contribution in [-0.2, 0) is 0 Å². The zero-order chi connectivity index (χ0) is 19.0. The van der Waals surface area contributed by atoms with Crippen LogP contribution in [-0.4, -0.2) is 17.2 Å². The van der Waals surface area contributed by atoms with Gasteiger partial charge in [-0.05, 0) is 25.0 Å². The highest BCUT2D eigenvalue weighted by Crippen LogP contribution is 2.31. The number of rotatable bonds is 3. The van der Waals surface area contributed by atoms with Crippen molar-refractivity contribution in [3.8, 4) is 0 Å². The van der Waals surface area contributed by atoms with E-state index >= 15 is 0 Å². The van der Waals surface area contributed by atoms with Gasteiger partial charge in [-0.25, -0.2) is 9.97 Å². The van der Waals surface area contributed by atoms with Gasteiger partial charge in [0.05, 0.1) is 4.70 Å². The van der Waals surface area contributed by atoms with E-state index in [1.54, 1.807) is 0 Å². The molecule has 2 nitrogen and oxygen atoms in total. The maximum atomic E-state index is 5.05. The molecule has 151 valence electrons. The number of hydrogen-bond acceptors (Lipinski definition) is 3. The molecule has 2 heterocycles. The largest absolute Gasteiger partial charge is 0.233 e. The average molecular weight is 395 g/mol. The third kappa shape index (κ3) is 5.81. The van der Waals surface area contributed by atoms with Crippen LogP contribution in [0.1, 0.15) is 114 Å². The van der Waals surface area contributed by atoms with Crippen LogP contribution in [0.2, 0.25) is 5.82 Å². The molecule has 2 fully saturated rings. The van der Waals surface area contributed by atoms with Gasteiger partial charge in [0.2, 0.25) is 0 Å². The molecule has 4 heteroatoms. The number of nitrogens with zero attached hydrogens (tertiary/aromatic N) is 2. The first-order valence-corrected chi connectivity index (χ1v) is 12.8. The Hall–Kier alpha value is -0.895. The molecule has 2 aromatic rings. The zero-order valence-electron chi connectivity index (χ0n) is 17.5. The third-order valence-electron chi connectivity index (χ3n) is 6.84. The quantitative estimate of drug-likeness (QED) is 0.515. The van der Waals surface area contributed by atoms with Gasteiger partial charge in [-0.2, -0.15) is 0 Å². The molecular formula is C24H36BN2S. The minimum absolute atomic E-state index is 0.641. The van der Waals surface area contributed by atoms with E-state index in [1.807, 2.05) is 11.3 Å². The van der Waals surface area contributed by atoms with Gasteiger partial charge in [0, 0.05) is 16.5 Å². The fourth-order valence-electron chi connectivity index (χ4n) is 5.11.